The Morgan fingerprint density at radius 2 is 1.81 bits per heavy atom. The maximum Gasteiger partial charge on any atom is 0.306 e. The van der Waals surface area contributed by atoms with E-state index in [2.05, 4.69) is 15.5 Å². The van der Waals surface area contributed by atoms with Crippen molar-refractivity contribution in [2.45, 2.75) is 46.1 Å². The van der Waals surface area contributed by atoms with E-state index >= 15 is 0 Å². The van der Waals surface area contributed by atoms with Crippen LogP contribution in [-0.2, 0) is 14.3 Å². The molecule has 1 atom stereocenters. The van der Waals surface area contributed by atoms with Crippen LogP contribution >= 0.6 is 11.3 Å². The van der Waals surface area contributed by atoms with Crippen molar-refractivity contribution in [2.75, 3.05) is 5.32 Å². The lowest BCUT2D eigenvalue weighted by Gasteiger charge is -2.12. The molecule has 26 heavy (non-hydrogen) atoms. The van der Waals surface area contributed by atoms with Crippen LogP contribution in [0.15, 0.2) is 24.3 Å². The summed E-state index contributed by atoms with van der Waals surface area (Å²) in [5.41, 5.74) is 1.55. The number of rotatable bonds is 8. The van der Waals surface area contributed by atoms with Crippen molar-refractivity contribution in [1.82, 2.24) is 10.2 Å². The molecule has 1 aromatic heterocycles. The third-order valence-electron chi connectivity index (χ3n) is 3.57. The van der Waals surface area contributed by atoms with Gasteiger partial charge in [0, 0.05) is 18.4 Å². The highest BCUT2D eigenvalue weighted by Crippen LogP contribution is 2.14. The van der Waals surface area contributed by atoms with E-state index in [4.69, 9.17) is 4.74 Å². The van der Waals surface area contributed by atoms with E-state index in [0.717, 1.165) is 10.6 Å². The molecule has 8 heteroatoms. The van der Waals surface area contributed by atoms with Crippen molar-refractivity contribution >= 4 is 34.1 Å². The molecule has 2 aromatic rings. The van der Waals surface area contributed by atoms with Crippen LogP contribution < -0.4 is 5.32 Å². The molecule has 0 saturated heterocycles. The molecule has 0 bridgehead atoms. The van der Waals surface area contributed by atoms with E-state index in [1.54, 1.807) is 26.0 Å². The number of carbonyl (C=O) groups is 3. The van der Waals surface area contributed by atoms with E-state index in [0.29, 0.717) is 17.1 Å². The zero-order valence-corrected chi connectivity index (χ0v) is 15.8. The van der Waals surface area contributed by atoms with Crippen LogP contribution in [0.5, 0.6) is 0 Å². The molecule has 1 amide bonds. The number of esters is 1. The number of carbonyl (C=O) groups excluding carboxylic acids is 3. The zero-order valence-electron chi connectivity index (χ0n) is 14.9. The SMILES string of the molecule is Cc1ccc(C(=O)[C@H](C)OC(=O)CCCC(=O)Nc2nnc(C)s2)cc1. The van der Waals surface area contributed by atoms with E-state index in [1.807, 2.05) is 19.1 Å². The molecule has 2 rings (SSSR count). The van der Waals surface area contributed by atoms with E-state index in [-0.39, 0.29) is 24.5 Å². The van der Waals surface area contributed by atoms with E-state index in [1.165, 1.54) is 11.3 Å². The molecular weight excluding hydrogens is 354 g/mol. The smallest absolute Gasteiger partial charge is 0.306 e. The predicted octanol–water partition coefficient (Wildman–Crippen LogP) is 3.08. The molecule has 0 aliphatic heterocycles. The van der Waals surface area contributed by atoms with Gasteiger partial charge < -0.3 is 10.1 Å². The lowest BCUT2D eigenvalue weighted by atomic mass is 10.1. The number of aromatic nitrogens is 2. The molecule has 0 saturated carbocycles. The van der Waals surface area contributed by atoms with Gasteiger partial charge in [-0.15, -0.1) is 10.2 Å². The Labute approximate surface area is 155 Å². The fraction of sp³-hybridized carbons (Fsp3) is 0.389. The van der Waals surface area contributed by atoms with Crippen LogP contribution in [0, 0.1) is 13.8 Å². The fourth-order valence-corrected chi connectivity index (χ4v) is 2.79. The van der Waals surface area contributed by atoms with Gasteiger partial charge in [0.05, 0.1) is 0 Å². The molecule has 0 aliphatic carbocycles. The second-order valence-corrected chi connectivity index (χ2v) is 7.07. The second-order valence-electron chi connectivity index (χ2n) is 5.89. The van der Waals surface area contributed by atoms with Gasteiger partial charge in [-0.3, -0.25) is 14.4 Å². The minimum Gasteiger partial charge on any atom is -0.454 e. The predicted molar refractivity (Wildman–Crippen MR) is 98.2 cm³/mol. The third kappa shape index (κ3) is 6.03. The number of hydrogen-bond acceptors (Lipinski definition) is 7. The summed E-state index contributed by atoms with van der Waals surface area (Å²) in [6.45, 7) is 5.27. The highest BCUT2D eigenvalue weighted by atomic mass is 32.1. The minimum absolute atomic E-state index is 0.0636. The zero-order chi connectivity index (χ0) is 19.1. The van der Waals surface area contributed by atoms with Gasteiger partial charge in [-0.1, -0.05) is 41.2 Å². The van der Waals surface area contributed by atoms with Gasteiger partial charge in [0.1, 0.15) is 5.01 Å². The number of benzene rings is 1. The number of hydrogen-bond donors (Lipinski definition) is 1. The normalized spacial score (nSPS) is 11.7. The standard InChI is InChI=1S/C18H21N3O4S/c1-11-7-9-14(10-8-11)17(24)12(2)25-16(23)6-4-5-15(22)19-18-21-20-13(3)26-18/h7-10,12H,4-6H2,1-3H3,(H,19,21,22)/t12-/m0/s1. The molecule has 0 unspecified atom stereocenters. The number of ketones is 1. The van der Waals surface area contributed by atoms with Crippen LogP contribution in [0.25, 0.3) is 0 Å². The maximum absolute atomic E-state index is 12.2. The fourth-order valence-electron chi connectivity index (χ4n) is 2.18. The topological polar surface area (TPSA) is 98.2 Å². The van der Waals surface area contributed by atoms with Gasteiger partial charge in [-0.2, -0.15) is 0 Å². The van der Waals surface area contributed by atoms with E-state index in [9.17, 15) is 14.4 Å². The van der Waals surface area contributed by atoms with Gasteiger partial charge in [0.15, 0.2) is 6.10 Å². The van der Waals surface area contributed by atoms with Crippen molar-refractivity contribution in [3.8, 4) is 0 Å². The Balaban J connectivity index is 1.71. The number of aryl methyl sites for hydroxylation is 2. The summed E-state index contributed by atoms with van der Waals surface area (Å²) < 4.78 is 5.16. The Bertz CT molecular complexity index is 786. The van der Waals surface area contributed by atoms with Gasteiger partial charge in [-0.05, 0) is 27.2 Å². The van der Waals surface area contributed by atoms with Crippen molar-refractivity contribution in [1.29, 1.82) is 0 Å². The molecule has 0 fully saturated rings. The van der Waals surface area contributed by atoms with Crippen molar-refractivity contribution in [2.24, 2.45) is 0 Å². The molecule has 138 valence electrons. The number of amides is 1. The lowest BCUT2D eigenvalue weighted by Crippen LogP contribution is -2.24. The first-order valence-corrected chi connectivity index (χ1v) is 9.07. The lowest BCUT2D eigenvalue weighted by molar-refractivity contribution is -0.146. The first-order chi connectivity index (χ1) is 12.3. The van der Waals surface area contributed by atoms with Gasteiger partial charge in [-0.25, -0.2) is 0 Å². The molecule has 1 N–H and O–H groups in total. The van der Waals surface area contributed by atoms with Crippen LogP contribution in [0.1, 0.15) is 47.1 Å². The summed E-state index contributed by atoms with van der Waals surface area (Å²) in [6.07, 6.45) is -0.306. The average molecular weight is 375 g/mol. The first kappa shape index (κ1) is 19.7. The first-order valence-electron chi connectivity index (χ1n) is 8.25. The maximum atomic E-state index is 12.2. The number of Topliss-reactive ketones (excluding diaryl/α,β-unsaturated/α-hetero) is 1. The van der Waals surface area contributed by atoms with E-state index < -0.39 is 12.1 Å². The highest BCUT2D eigenvalue weighted by molar-refractivity contribution is 7.15. The summed E-state index contributed by atoms with van der Waals surface area (Å²) >= 11 is 1.28. The average Bonchev–Trinajstić information content (AvgIpc) is 2.99. The van der Waals surface area contributed by atoms with Crippen LogP contribution in [0.3, 0.4) is 0 Å². The monoisotopic (exact) mass is 375 g/mol. The molecular formula is C18H21N3O4S. The second kappa shape index (κ2) is 9.19. The number of nitrogens with one attached hydrogen (secondary N) is 1. The highest BCUT2D eigenvalue weighted by Gasteiger charge is 2.19. The number of anilines is 1. The third-order valence-corrected chi connectivity index (χ3v) is 4.32. The molecule has 0 aliphatic rings. The molecule has 0 spiro atoms. The van der Waals surface area contributed by atoms with Gasteiger partial charge in [0.2, 0.25) is 16.8 Å². The summed E-state index contributed by atoms with van der Waals surface area (Å²) in [7, 11) is 0. The number of nitrogens with zero attached hydrogens (tertiary/aromatic N) is 2. The van der Waals surface area contributed by atoms with Gasteiger partial charge in [0.25, 0.3) is 0 Å². The minimum atomic E-state index is -0.858. The molecule has 1 heterocycles. The quantitative estimate of drug-likeness (QED) is 0.562. The van der Waals surface area contributed by atoms with Crippen LogP contribution in [0.2, 0.25) is 0 Å². The Morgan fingerprint density at radius 3 is 2.42 bits per heavy atom. The van der Waals surface area contributed by atoms with Crippen molar-refractivity contribution in [3.05, 3.63) is 40.4 Å². The Kier molecular flexibility index (Phi) is 6.97. The van der Waals surface area contributed by atoms with Crippen molar-refractivity contribution < 1.29 is 19.1 Å². The van der Waals surface area contributed by atoms with Crippen LogP contribution in [0.4, 0.5) is 5.13 Å². The molecule has 1 aromatic carbocycles. The van der Waals surface area contributed by atoms with Crippen LogP contribution in [-0.4, -0.2) is 34.0 Å². The molecule has 0 radical (unpaired) electrons. The van der Waals surface area contributed by atoms with Crippen molar-refractivity contribution in [3.63, 3.8) is 0 Å². The summed E-state index contributed by atoms with van der Waals surface area (Å²) in [5, 5.41) is 11.4. The Morgan fingerprint density at radius 1 is 1.12 bits per heavy atom. The summed E-state index contributed by atoms with van der Waals surface area (Å²) in [4.78, 5) is 35.9. The van der Waals surface area contributed by atoms with Gasteiger partial charge >= 0.3 is 5.97 Å². The number of ether oxygens (including phenoxy) is 1. The summed E-state index contributed by atoms with van der Waals surface area (Å²) in [6, 6.07) is 7.09. The molecule has 7 nitrogen and oxygen atoms in total. The Hall–Kier alpha value is -2.61. The largest absolute Gasteiger partial charge is 0.454 e. The summed E-state index contributed by atoms with van der Waals surface area (Å²) in [5.74, 6) is -0.988.